The summed E-state index contributed by atoms with van der Waals surface area (Å²) in [6.07, 6.45) is 0.491. The van der Waals surface area contributed by atoms with Crippen LogP contribution in [0.1, 0.15) is 6.42 Å². The summed E-state index contributed by atoms with van der Waals surface area (Å²) in [5.74, 6) is 0.620. The molecule has 4 nitrogen and oxygen atoms in total. The van der Waals surface area contributed by atoms with Gasteiger partial charge in [-0.3, -0.25) is 9.69 Å². The van der Waals surface area contributed by atoms with E-state index in [9.17, 15) is 9.59 Å². The Morgan fingerprint density at radius 3 is 3.00 bits per heavy atom. The van der Waals surface area contributed by atoms with Gasteiger partial charge in [0, 0.05) is 0 Å². The predicted molar refractivity (Wildman–Crippen MR) is 38.6 cm³/mol. The van der Waals surface area contributed by atoms with Crippen molar-refractivity contribution in [2.24, 2.45) is 0 Å². The predicted octanol–water partition coefficient (Wildman–Crippen LogP) is -0.0934. The molecular weight excluding hydrogens is 166 g/mol. The molecule has 0 aromatic rings. The summed E-state index contributed by atoms with van der Waals surface area (Å²) in [6, 6.07) is -0.689. The van der Waals surface area contributed by atoms with Gasteiger partial charge in [0.25, 0.3) is 6.04 Å². The van der Waals surface area contributed by atoms with Gasteiger partial charge in [-0.05, 0) is 0 Å². The van der Waals surface area contributed by atoms with Crippen LogP contribution in [0.3, 0.4) is 0 Å². The normalized spacial score (nSPS) is 34.2. The zero-order valence-corrected chi connectivity index (χ0v) is 6.37. The molecule has 11 heavy (non-hydrogen) atoms. The molecular formula is C6H6NO3S+. The molecule has 0 saturated carbocycles. The van der Waals surface area contributed by atoms with Crippen molar-refractivity contribution in [3.8, 4) is 0 Å². The second kappa shape index (κ2) is 2.07. The first-order valence-electron chi connectivity index (χ1n) is 3.23. The fraction of sp³-hybridized carbons (Fsp3) is 0.500. The quantitative estimate of drug-likeness (QED) is 0.443. The molecule has 0 spiro atoms. The number of hydrogen-bond acceptors (Lipinski definition) is 3. The van der Waals surface area contributed by atoms with E-state index in [-0.39, 0.29) is 11.3 Å². The van der Waals surface area contributed by atoms with Gasteiger partial charge >= 0.3 is 5.97 Å². The number of β-lactam (4-membered cyclic amide) rings is 1. The number of carboxylic acid groups (broad SMARTS) is 1. The van der Waals surface area contributed by atoms with E-state index < -0.39 is 12.0 Å². The number of carbonyl (C=O) groups is 2. The maximum absolute atomic E-state index is 10.9. The van der Waals surface area contributed by atoms with E-state index in [2.05, 4.69) is 0 Å². The Kier molecular flexibility index (Phi) is 1.29. The van der Waals surface area contributed by atoms with Crippen LogP contribution in [0.5, 0.6) is 0 Å². The molecule has 0 aromatic heterocycles. The van der Waals surface area contributed by atoms with Gasteiger partial charge in [0.05, 0.1) is 18.2 Å². The molecule has 2 aliphatic heterocycles. The van der Waals surface area contributed by atoms with Crippen LogP contribution in [0.15, 0.2) is 0 Å². The van der Waals surface area contributed by atoms with E-state index in [1.807, 2.05) is 0 Å². The fourth-order valence-electron chi connectivity index (χ4n) is 1.26. The van der Waals surface area contributed by atoms with E-state index in [1.165, 1.54) is 16.7 Å². The standard InChI is InChI=1S/C6H5NO3S/c8-4-1-5-7(4)3(2-11-5)6(9)10/h2-3,5H,1H2/p+1/t3?,5-/m1/s1. The van der Waals surface area contributed by atoms with Gasteiger partial charge in [-0.25, -0.2) is 4.79 Å². The Morgan fingerprint density at radius 1 is 1.82 bits per heavy atom. The zero-order chi connectivity index (χ0) is 8.01. The van der Waals surface area contributed by atoms with Gasteiger partial charge in [-0.2, -0.15) is 0 Å². The molecule has 0 bridgehead atoms. The molecule has 2 heterocycles. The number of aliphatic carboxylic acids is 1. The van der Waals surface area contributed by atoms with Crippen LogP contribution in [0.4, 0.5) is 0 Å². The smallest absolute Gasteiger partial charge is 0.375 e. The molecule has 5 heteroatoms. The second-order valence-electron chi connectivity index (χ2n) is 2.52. The highest BCUT2D eigenvalue weighted by Crippen LogP contribution is 2.41. The highest BCUT2D eigenvalue weighted by Gasteiger charge is 2.56. The van der Waals surface area contributed by atoms with Gasteiger partial charge < -0.3 is 5.11 Å². The number of nitrogens with zero attached hydrogens (tertiary/aromatic N) is 1. The second-order valence-corrected chi connectivity index (χ2v) is 3.60. The van der Waals surface area contributed by atoms with Crippen molar-refractivity contribution >= 4 is 23.6 Å². The summed E-state index contributed by atoms with van der Waals surface area (Å²) < 4.78 is 0. The molecule has 0 radical (unpaired) electrons. The summed E-state index contributed by atoms with van der Waals surface area (Å²) in [6.45, 7) is 0. The van der Waals surface area contributed by atoms with Gasteiger partial charge in [-0.15, -0.1) is 0 Å². The highest BCUT2D eigenvalue weighted by atomic mass is 32.2. The molecule has 1 N–H and O–H groups in total. The topological polar surface area (TPSA) is 57.6 Å². The van der Waals surface area contributed by atoms with Crippen molar-refractivity contribution in [3.05, 3.63) is 5.75 Å². The molecule has 0 aliphatic carbocycles. The SMILES string of the molecule is O=C(O)C1[CH+]S[C@@H]2CC(=O)N12. The van der Waals surface area contributed by atoms with Crippen molar-refractivity contribution in [2.45, 2.75) is 17.8 Å². The van der Waals surface area contributed by atoms with E-state index in [0.29, 0.717) is 6.42 Å². The van der Waals surface area contributed by atoms with E-state index in [0.717, 1.165) is 0 Å². The van der Waals surface area contributed by atoms with Crippen molar-refractivity contribution in [1.82, 2.24) is 4.90 Å². The minimum absolute atomic E-state index is 0.0522. The summed E-state index contributed by atoms with van der Waals surface area (Å²) >= 11 is 1.43. The Balaban J connectivity index is 2.14. The van der Waals surface area contributed by atoms with Gasteiger partial charge in [0.1, 0.15) is 5.37 Å². The monoisotopic (exact) mass is 172 g/mol. The summed E-state index contributed by atoms with van der Waals surface area (Å²) in [7, 11) is 0. The van der Waals surface area contributed by atoms with Crippen molar-refractivity contribution < 1.29 is 14.7 Å². The van der Waals surface area contributed by atoms with E-state index >= 15 is 0 Å². The Morgan fingerprint density at radius 2 is 2.55 bits per heavy atom. The number of carbonyl (C=O) groups excluding carboxylic acids is 1. The first-order chi connectivity index (χ1) is 5.20. The number of fused-ring (bicyclic) bond motifs is 1. The maximum Gasteiger partial charge on any atom is 0.375 e. The number of thioether (sulfide) groups is 1. The summed E-state index contributed by atoms with van der Waals surface area (Å²) in [4.78, 5) is 22.8. The summed E-state index contributed by atoms with van der Waals surface area (Å²) in [5, 5.41) is 8.72. The average molecular weight is 172 g/mol. The Bertz CT molecular complexity index is 222. The molecule has 0 aromatic carbocycles. The lowest BCUT2D eigenvalue weighted by atomic mass is 10.1. The van der Waals surface area contributed by atoms with Crippen LogP contribution in [0.2, 0.25) is 0 Å². The molecule has 2 aliphatic rings. The number of carboxylic acids is 1. The highest BCUT2D eigenvalue weighted by molar-refractivity contribution is 8.02. The van der Waals surface area contributed by atoms with Crippen molar-refractivity contribution in [3.63, 3.8) is 0 Å². The number of hydrogen-bond donors (Lipinski definition) is 1. The zero-order valence-electron chi connectivity index (χ0n) is 5.56. The van der Waals surface area contributed by atoms with Gasteiger partial charge in [0.15, 0.2) is 5.75 Å². The summed E-state index contributed by atoms with van der Waals surface area (Å²) in [5.41, 5.74) is 0. The van der Waals surface area contributed by atoms with Gasteiger partial charge in [-0.1, -0.05) is 0 Å². The van der Waals surface area contributed by atoms with Crippen LogP contribution in [0, 0.1) is 5.75 Å². The minimum Gasteiger partial charge on any atom is -0.476 e. The molecule has 2 fully saturated rings. The molecule has 1 unspecified atom stereocenters. The molecule has 1 amide bonds. The number of amides is 1. The first-order valence-corrected chi connectivity index (χ1v) is 4.17. The lowest BCUT2D eigenvalue weighted by molar-refractivity contribution is -0.154. The lowest BCUT2D eigenvalue weighted by Gasteiger charge is -2.31. The third kappa shape index (κ3) is 0.805. The molecule has 2 saturated heterocycles. The van der Waals surface area contributed by atoms with Crippen LogP contribution in [-0.2, 0) is 9.59 Å². The lowest BCUT2D eigenvalue weighted by Crippen LogP contribution is -2.53. The average Bonchev–Trinajstić information content (AvgIpc) is 2.25. The largest absolute Gasteiger partial charge is 0.476 e. The van der Waals surface area contributed by atoms with Crippen molar-refractivity contribution in [1.29, 1.82) is 0 Å². The first kappa shape index (κ1) is 6.84. The van der Waals surface area contributed by atoms with Crippen LogP contribution in [-0.4, -0.2) is 33.3 Å². The number of rotatable bonds is 1. The fourth-order valence-corrected chi connectivity index (χ4v) is 2.45. The minimum atomic E-state index is -0.937. The third-order valence-corrected chi connectivity index (χ3v) is 2.99. The Labute approximate surface area is 67.6 Å². The van der Waals surface area contributed by atoms with Crippen LogP contribution >= 0.6 is 11.8 Å². The maximum atomic E-state index is 10.9. The van der Waals surface area contributed by atoms with Gasteiger partial charge in [0.2, 0.25) is 5.91 Å². The van der Waals surface area contributed by atoms with E-state index in [1.54, 1.807) is 5.75 Å². The molecule has 2 atom stereocenters. The third-order valence-electron chi connectivity index (χ3n) is 1.86. The van der Waals surface area contributed by atoms with Crippen molar-refractivity contribution in [2.75, 3.05) is 0 Å². The Hall–Kier alpha value is -0.840. The van der Waals surface area contributed by atoms with Crippen LogP contribution in [0.25, 0.3) is 0 Å². The molecule has 2 rings (SSSR count). The van der Waals surface area contributed by atoms with E-state index in [4.69, 9.17) is 5.11 Å². The molecule has 58 valence electrons. The van der Waals surface area contributed by atoms with Crippen LogP contribution < -0.4 is 0 Å².